The Morgan fingerprint density at radius 2 is 1.75 bits per heavy atom. The Morgan fingerprint density at radius 1 is 1.02 bits per heavy atom. The van der Waals surface area contributed by atoms with Crippen molar-refractivity contribution >= 4 is 27.3 Å². The molecule has 7 nitrogen and oxygen atoms in total. The maximum Gasteiger partial charge on any atom is 0.265 e. The summed E-state index contributed by atoms with van der Waals surface area (Å²) >= 11 is 0. The molecule has 1 aliphatic carbocycles. The van der Waals surface area contributed by atoms with Crippen molar-refractivity contribution in [3.63, 3.8) is 0 Å². The van der Waals surface area contributed by atoms with Crippen LogP contribution in [0.2, 0.25) is 0 Å². The van der Waals surface area contributed by atoms with Gasteiger partial charge in [-0.3, -0.25) is 9.10 Å². The predicted molar refractivity (Wildman–Crippen MR) is 155 cm³/mol. The van der Waals surface area contributed by atoms with Crippen LogP contribution in [-0.4, -0.2) is 45.1 Å². The monoisotopic (exact) mass is 565 g/mol. The Kier molecular flexibility index (Phi) is 8.59. The van der Waals surface area contributed by atoms with E-state index in [1.165, 1.54) is 46.8 Å². The highest BCUT2D eigenvalue weighted by Gasteiger charge is 2.38. The van der Waals surface area contributed by atoms with Gasteiger partial charge in [-0.2, -0.15) is 0 Å². The van der Waals surface area contributed by atoms with Crippen molar-refractivity contribution in [3.05, 3.63) is 84.2 Å². The minimum atomic E-state index is -4.10. The van der Waals surface area contributed by atoms with Crippen LogP contribution in [0.5, 0.6) is 5.75 Å². The molecule has 9 heteroatoms. The quantitative estimate of drug-likeness (QED) is 0.351. The van der Waals surface area contributed by atoms with Crippen LogP contribution in [0, 0.1) is 11.7 Å². The molecular formula is C31H36FN3O4S. The predicted octanol–water partition coefficient (Wildman–Crippen LogP) is 5.24. The third kappa shape index (κ3) is 6.25. The molecule has 1 atom stereocenters. The van der Waals surface area contributed by atoms with Gasteiger partial charge in [0.2, 0.25) is 5.91 Å². The van der Waals surface area contributed by atoms with Crippen molar-refractivity contribution in [1.82, 2.24) is 5.32 Å². The van der Waals surface area contributed by atoms with Gasteiger partial charge in [-0.05, 0) is 78.9 Å². The van der Waals surface area contributed by atoms with E-state index < -0.39 is 16.1 Å². The number of carbonyl (C=O) groups excluding carboxylic acids is 1. The molecule has 1 amide bonds. The van der Waals surface area contributed by atoms with E-state index in [2.05, 4.69) is 10.2 Å². The third-order valence-corrected chi connectivity index (χ3v) is 9.84. The van der Waals surface area contributed by atoms with Crippen LogP contribution >= 0.6 is 0 Å². The summed E-state index contributed by atoms with van der Waals surface area (Å²) in [4.78, 5) is 16.1. The highest BCUT2D eigenvalue weighted by atomic mass is 32.2. The summed E-state index contributed by atoms with van der Waals surface area (Å²) in [6, 6.07) is 17.9. The number of fused-ring (bicyclic) bond motifs is 1. The average molecular weight is 566 g/mol. The lowest BCUT2D eigenvalue weighted by molar-refractivity contribution is -0.122. The first-order chi connectivity index (χ1) is 19.3. The summed E-state index contributed by atoms with van der Waals surface area (Å²) < 4.78 is 43.1. The zero-order valence-electron chi connectivity index (χ0n) is 22.5. The highest BCUT2D eigenvalue weighted by Crippen LogP contribution is 2.34. The number of benzene rings is 3. The van der Waals surface area contributed by atoms with E-state index in [1.807, 2.05) is 0 Å². The van der Waals surface area contributed by atoms with E-state index in [9.17, 15) is 22.7 Å². The molecule has 2 N–H and O–H groups in total. The number of aromatic hydroxyl groups is 1. The third-order valence-electron chi connectivity index (χ3n) is 7.99. The molecule has 5 rings (SSSR count). The molecule has 0 saturated heterocycles. The van der Waals surface area contributed by atoms with E-state index in [0.29, 0.717) is 25.2 Å². The van der Waals surface area contributed by atoms with Crippen molar-refractivity contribution in [2.45, 2.75) is 55.9 Å². The molecule has 1 unspecified atom stereocenters. The molecule has 3 aromatic rings. The minimum absolute atomic E-state index is 0.0138. The number of nitrogens with one attached hydrogen (secondary N) is 1. The van der Waals surface area contributed by atoms with Gasteiger partial charge >= 0.3 is 0 Å². The summed E-state index contributed by atoms with van der Waals surface area (Å²) in [5.41, 5.74) is 2.24. The van der Waals surface area contributed by atoms with Gasteiger partial charge in [0.25, 0.3) is 10.0 Å². The number of hydrogen-bond donors (Lipinski definition) is 2. The first-order valence-electron chi connectivity index (χ1n) is 14.0. The molecule has 2 aliphatic rings. The molecule has 0 bridgehead atoms. The van der Waals surface area contributed by atoms with Gasteiger partial charge < -0.3 is 15.3 Å². The number of nitrogens with zero attached hydrogens (tertiary/aromatic N) is 2. The van der Waals surface area contributed by atoms with Crippen molar-refractivity contribution < 1.29 is 22.7 Å². The SMILES string of the molecule is O=C(NCCN1CCc2cc(F)ccc21)C(CC1CCCCC1)N(c1ccc(O)cc1)S(=O)(=O)c1ccccc1. The fourth-order valence-corrected chi connectivity index (χ4v) is 7.59. The van der Waals surface area contributed by atoms with Crippen LogP contribution in [0.4, 0.5) is 15.8 Å². The molecule has 1 saturated carbocycles. The normalized spacial score (nSPS) is 16.4. The van der Waals surface area contributed by atoms with E-state index in [1.54, 1.807) is 30.3 Å². The Bertz CT molecular complexity index is 1410. The van der Waals surface area contributed by atoms with Gasteiger partial charge in [-0.1, -0.05) is 50.3 Å². The summed E-state index contributed by atoms with van der Waals surface area (Å²) in [5.74, 6) is -0.361. The van der Waals surface area contributed by atoms with E-state index >= 15 is 0 Å². The molecule has 0 radical (unpaired) electrons. The number of amides is 1. The van der Waals surface area contributed by atoms with Gasteiger partial charge in [0.15, 0.2) is 0 Å². The standard InChI is InChI=1S/C31H36FN3O4S/c32-25-11-16-29-24(22-25)17-19-34(29)20-18-33-31(37)30(21-23-7-3-1-4-8-23)35(26-12-14-27(36)15-13-26)40(38,39)28-9-5-2-6-10-28/h2,5-6,9-16,22-23,30,36H,1,3-4,7-8,17-21H2,(H,33,37). The van der Waals surface area contributed by atoms with Gasteiger partial charge in [0.1, 0.15) is 17.6 Å². The molecule has 3 aromatic carbocycles. The van der Waals surface area contributed by atoms with Crippen molar-refractivity contribution in [1.29, 1.82) is 0 Å². The number of carbonyl (C=O) groups is 1. The summed E-state index contributed by atoms with van der Waals surface area (Å²) in [7, 11) is -4.10. The Morgan fingerprint density at radius 3 is 2.48 bits per heavy atom. The number of phenolic OH excluding ortho intramolecular Hbond substituents is 1. The van der Waals surface area contributed by atoms with Gasteiger partial charge in [0.05, 0.1) is 10.6 Å². The second kappa shape index (κ2) is 12.3. The molecule has 1 heterocycles. The van der Waals surface area contributed by atoms with Crippen LogP contribution in [0.3, 0.4) is 0 Å². The second-order valence-electron chi connectivity index (χ2n) is 10.7. The van der Waals surface area contributed by atoms with Crippen LogP contribution in [0.15, 0.2) is 77.7 Å². The molecule has 1 aliphatic heterocycles. The molecule has 212 valence electrons. The smallest absolute Gasteiger partial charge is 0.265 e. The van der Waals surface area contributed by atoms with Crippen molar-refractivity contribution in [2.75, 3.05) is 28.8 Å². The number of hydrogen-bond acceptors (Lipinski definition) is 5. The van der Waals surface area contributed by atoms with E-state index in [0.717, 1.165) is 56.3 Å². The maximum atomic E-state index is 14.1. The number of phenols is 1. The van der Waals surface area contributed by atoms with Gasteiger partial charge in [-0.15, -0.1) is 0 Å². The fourth-order valence-electron chi connectivity index (χ4n) is 5.94. The zero-order valence-corrected chi connectivity index (χ0v) is 23.3. The first-order valence-corrected chi connectivity index (χ1v) is 15.5. The summed E-state index contributed by atoms with van der Waals surface area (Å²) in [6.45, 7) is 1.60. The van der Waals surface area contributed by atoms with Crippen molar-refractivity contribution in [3.8, 4) is 5.75 Å². The Balaban J connectivity index is 1.42. The number of sulfonamides is 1. The molecule has 1 fully saturated rings. The molecular weight excluding hydrogens is 529 g/mol. The summed E-state index contributed by atoms with van der Waals surface area (Å²) in [5, 5.41) is 12.9. The molecule has 40 heavy (non-hydrogen) atoms. The average Bonchev–Trinajstić information content (AvgIpc) is 3.36. The van der Waals surface area contributed by atoms with Gasteiger partial charge in [-0.25, -0.2) is 12.8 Å². The van der Waals surface area contributed by atoms with Crippen LogP contribution < -0.4 is 14.5 Å². The lowest BCUT2D eigenvalue weighted by Crippen LogP contribution is -2.51. The zero-order chi connectivity index (χ0) is 28.1. The summed E-state index contributed by atoms with van der Waals surface area (Å²) in [6.07, 6.45) is 6.36. The Labute approximate surface area is 235 Å². The molecule has 0 aromatic heterocycles. The largest absolute Gasteiger partial charge is 0.508 e. The van der Waals surface area contributed by atoms with Crippen LogP contribution in [-0.2, 0) is 21.2 Å². The first kappa shape index (κ1) is 28.0. The van der Waals surface area contributed by atoms with Crippen molar-refractivity contribution in [2.24, 2.45) is 5.92 Å². The molecule has 0 spiro atoms. The fraction of sp³-hybridized carbons (Fsp3) is 0.387. The number of halogens is 1. The topological polar surface area (TPSA) is 89.9 Å². The second-order valence-corrected chi connectivity index (χ2v) is 12.5. The number of rotatable bonds is 10. The van der Waals surface area contributed by atoms with Crippen LogP contribution in [0.1, 0.15) is 44.1 Å². The van der Waals surface area contributed by atoms with Gasteiger partial charge in [0, 0.05) is 25.3 Å². The lowest BCUT2D eigenvalue weighted by atomic mass is 9.84. The highest BCUT2D eigenvalue weighted by molar-refractivity contribution is 7.93. The van der Waals surface area contributed by atoms with E-state index in [4.69, 9.17) is 0 Å². The van der Waals surface area contributed by atoms with Crippen LogP contribution in [0.25, 0.3) is 0 Å². The van der Waals surface area contributed by atoms with E-state index in [-0.39, 0.29) is 28.3 Å². The minimum Gasteiger partial charge on any atom is -0.508 e. The number of anilines is 2. The Hall–Kier alpha value is -3.59. The maximum absolute atomic E-state index is 14.1. The lowest BCUT2D eigenvalue weighted by Gasteiger charge is -2.35.